The lowest BCUT2D eigenvalue weighted by molar-refractivity contribution is 0.162. The van der Waals surface area contributed by atoms with Crippen LogP contribution in [0.2, 0.25) is 0 Å². The number of benzene rings is 1. The van der Waals surface area contributed by atoms with Crippen LogP contribution in [0.25, 0.3) is 0 Å². The fourth-order valence-corrected chi connectivity index (χ4v) is 3.46. The molecular weight excluding hydrogens is 262 g/mol. The Morgan fingerprint density at radius 1 is 1.32 bits per heavy atom. The van der Waals surface area contributed by atoms with Crippen molar-refractivity contribution in [1.29, 1.82) is 0 Å². The van der Waals surface area contributed by atoms with Gasteiger partial charge in [0.05, 0.1) is 11.0 Å². The molecule has 2 N–H and O–H groups in total. The third kappa shape index (κ3) is 3.55. The second kappa shape index (κ2) is 6.03. The van der Waals surface area contributed by atoms with Gasteiger partial charge >= 0.3 is 0 Å². The molecule has 2 rings (SSSR count). The van der Waals surface area contributed by atoms with Crippen molar-refractivity contribution in [2.24, 2.45) is 0 Å². The van der Waals surface area contributed by atoms with Gasteiger partial charge in [-0.3, -0.25) is 0 Å². The number of aryl methyl sites for hydroxylation is 2. The third-order valence-corrected chi connectivity index (χ3v) is 5.08. The minimum atomic E-state index is -3.45. The Balaban J connectivity index is 2.03. The van der Waals surface area contributed by atoms with Crippen LogP contribution in [-0.4, -0.2) is 26.2 Å². The van der Waals surface area contributed by atoms with Gasteiger partial charge in [0, 0.05) is 6.54 Å². The first-order valence-corrected chi connectivity index (χ1v) is 8.31. The monoisotopic (exact) mass is 283 g/mol. The van der Waals surface area contributed by atoms with Crippen LogP contribution in [0.3, 0.4) is 0 Å². The number of nitrogens with one attached hydrogen (secondary N) is 1. The molecule has 0 radical (unpaired) electrons. The maximum atomic E-state index is 12.1. The molecule has 106 valence electrons. The third-order valence-electron chi connectivity index (χ3n) is 3.62. The summed E-state index contributed by atoms with van der Waals surface area (Å²) >= 11 is 0. The van der Waals surface area contributed by atoms with E-state index in [0.29, 0.717) is 17.7 Å². The molecule has 0 saturated heterocycles. The average molecular weight is 283 g/mol. The smallest absolute Gasteiger partial charge is 0.240 e. The zero-order valence-corrected chi connectivity index (χ0v) is 12.0. The summed E-state index contributed by atoms with van der Waals surface area (Å²) in [6.45, 7) is 2.15. The highest BCUT2D eigenvalue weighted by Gasteiger charge is 2.18. The number of sulfonamides is 1. The number of rotatable bonds is 6. The predicted molar refractivity (Wildman–Crippen MR) is 74.6 cm³/mol. The Morgan fingerprint density at radius 3 is 2.79 bits per heavy atom. The van der Waals surface area contributed by atoms with E-state index in [9.17, 15) is 13.5 Å². The molecule has 1 unspecified atom stereocenters. The van der Waals surface area contributed by atoms with Gasteiger partial charge in [0.25, 0.3) is 0 Å². The van der Waals surface area contributed by atoms with E-state index in [1.165, 1.54) is 5.56 Å². The first-order chi connectivity index (χ1) is 9.03. The predicted octanol–water partition coefficient (Wildman–Crippen LogP) is 1.61. The van der Waals surface area contributed by atoms with Crippen LogP contribution in [-0.2, 0) is 22.9 Å². The molecule has 1 atom stereocenters. The molecule has 0 amide bonds. The summed E-state index contributed by atoms with van der Waals surface area (Å²) in [5.74, 6) is 0. The fraction of sp³-hybridized carbons (Fsp3) is 0.571. The van der Waals surface area contributed by atoms with E-state index in [-0.39, 0.29) is 6.54 Å². The summed E-state index contributed by atoms with van der Waals surface area (Å²) in [6, 6.07) is 5.36. The Hall–Kier alpha value is -0.910. The summed E-state index contributed by atoms with van der Waals surface area (Å²) in [6.07, 6.45) is 3.76. The second-order valence-electron chi connectivity index (χ2n) is 5.03. The molecule has 0 aromatic heterocycles. The van der Waals surface area contributed by atoms with Crippen molar-refractivity contribution >= 4 is 10.0 Å². The number of aliphatic hydroxyl groups is 1. The minimum absolute atomic E-state index is 0.272. The van der Waals surface area contributed by atoms with Gasteiger partial charge in [-0.2, -0.15) is 0 Å². The largest absolute Gasteiger partial charge is 0.393 e. The number of hydrogen-bond acceptors (Lipinski definition) is 3. The molecule has 1 aliphatic rings. The van der Waals surface area contributed by atoms with Gasteiger partial charge in [-0.1, -0.05) is 13.0 Å². The van der Waals surface area contributed by atoms with Gasteiger partial charge in [0.15, 0.2) is 0 Å². The van der Waals surface area contributed by atoms with Crippen LogP contribution in [0.15, 0.2) is 23.1 Å². The number of fused-ring (bicyclic) bond motifs is 1. The summed E-state index contributed by atoms with van der Waals surface area (Å²) in [7, 11) is -3.45. The summed E-state index contributed by atoms with van der Waals surface area (Å²) < 4.78 is 26.8. The van der Waals surface area contributed by atoms with E-state index in [2.05, 4.69) is 4.72 Å². The van der Waals surface area contributed by atoms with Crippen LogP contribution in [0, 0.1) is 0 Å². The molecule has 0 saturated carbocycles. The van der Waals surface area contributed by atoms with E-state index >= 15 is 0 Å². The molecule has 1 aromatic rings. The summed E-state index contributed by atoms with van der Waals surface area (Å²) in [5.41, 5.74) is 2.41. The van der Waals surface area contributed by atoms with Gasteiger partial charge in [0.1, 0.15) is 0 Å². The Morgan fingerprint density at radius 2 is 2.05 bits per heavy atom. The Kier molecular flexibility index (Phi) is 4.60. The molecular formula is C14H21NO3S. The molecule has 0 spiro atoms. The molecule has 1 aromatic carbocycles. The van der Waals surface area contributed by atoms with Crippen molar-refractivity contribution in [2.75, 3.05) is 6.54 Å². The molecule has 0 aliphatic heterocycles. The molecule has 0 bridgehead atoms. The van der Waals surface area contributed by atoms with E-state index in [1.54, 1.807) is 12.1 Å². The van der Waals surface area contributed by atoms with Crippen molar-refractivity contribution in [3.05, 3.63) is 29.3 Å². The molecule has 4 nitrogen and oxygen atoms in total. The first-order valence-electron chi connectivity index (χ1n) is 6.82. The standard InChI is InChI=1S/C14H21NO3S/c1-2-13(16)8-9-15-19(17,18)14-7-6-11-4-3-5-12(11)10-14/h6-7,10,13,15-16H,2-5,8-9H2,1H3. The van der Waals surface area contributed by atoms with Crippen LogP contribution in [0.4, 0.5) is 0 Å². The van der Waals surface area contributed by atoms with Crippen LogP contribution >= 0.6 is 0 Å². The van der Waals surface area contributed by atoms with Crippen LogP contribution < -0.4 is 4.72 Å². The number of aliphatic hydroxyl groups excluding tert-OH is 1. The van der Waals surface area contributed by atoms with E-state index in [4.69, 9.17) is 0 Å². The van der Waals surface area contributed by atoms with Gasteiger partial charge in [-0.25, -0.2) is 13.1 Å². The highest BCUT2D eigenvalue weighted by molar-refractivity contribution is 7.89. The average Bonchev–Trinajstić information content (AvgIpc) is 2.85. The first kappa shape index (κ1) is 14.5. The van der Waals surface area contributed by atoms with Gasteiger partial charge < -0.3 is 5.11 Å². The Bertz CT molecular complexity index is 540. The van der Waals surface area contributed by atoms with E-state index in [0.717, 1.165) is 24.8 Å². The lowest BCUT2D eigenvalue weighted by Crippen LogP contribution is -2.27. The molecule has 5 heteroatoms. The van der Waals surface area contributed by atoms with Crippen LogP contribution in [0.1, 0.15) is 37.3 Å². The highest BCUT2D eigenvalue weighted by Crippen LogP contribution is 2.24. The second-order valence-corrected chi connectivity index (χ2v) is 6.80. The molecule has 19 heavy (non-hydrogen) atoms. The van der Waals surface area contributed by atoms with Crippen LogP contribution in [0.5, 0.6) is 0 Å². The van der Waals surface area contributed by atoms with E-state index in [1.807, 2.05) is 13.0 Å². The fourth-order valence-electron chi connectivity index (χ4n) is 2.36. The maximum absolute atomic E-state index is 12.1. The SMILES string of the molecule is CCC(O)CCNS(=O)(=O)c1ccc2c(c1)CCC2. The summed E-state index contributed by atoms with van der Waals surface area (Å²) in [5, 5.41) is 9.42. The molecule has 0 fully saturated rings. The molecule has 1 aliphatic carbocycles. The quantitative estimate of drug-likeness (QED) is 0.833. The van der Waals surface area contributed by atoms with Gasteiger partial charge in [0.2, 0.25) is 10.0 Å². The Labute approximate surface area is 114 Å². The minimum Gasteiger partial charge on any atom is -0.393 e. The van der Waals surface area contributed by atoms with Crippen molar-refractivity contribution < 1.29 is 13.5 Å². The van der Waals surface area contributed by atoms with Crippen molar-refractivity contribution in [3.63, 3.8) is 0 Å². The van der Waals surface area contributed by atoms with Crippen molar-refractivity contribution in [2.45, 2.75) is 50.0 Å². The zero-order valence-electron chi connectivity index (χ0n) is 11.2. The lowest BCUT2D eigenvalue weighted by atomic mass is 10.1. The summed E-state index contributed by atoms with van der Waals surface area (Å²) in [4.78, 5) is 0.333. The van der Waals surface area contributed by atoms with Gasteiger partial charge in [-0.15, -0.1) is 0 Å². The van der Waals surface area contributed by atoms with Gasteiger partial charge in [-0.05, 0) is 55.4 Å². The molecule has 0 heterocycles. The van der Waals surface area contributed by atoms with Crippen molar-refractivity contribution in [1.82, 2.24) is 4.72 Å². The topological polar surface area (TPSA) is 66.4 Å². The zero-order chi connectivity index (χ0) is 13.9. The van der Waals surface area contributed by atoms with E-state index < -0.39 is 16.1 Å². The lowest BCUT2D eigenvalue weighted by Gasteiger charge is -2.10. The normalized spacial score (nSPS) is 16.3. The number of hydrogen-bond donors (Lipinski definition) is 2. The highest BCUT2D eigenvalue weighted by atomic mass is 32.2. The maximum Gasteiger partial charge on any atom is 0.240 e. The van der Waals surface area contributed by atoms with Crippen molar-refractivity contribution in [3.8, 4) is 0 Å².